The Hall–Kier alpha value is -1.82. The van der Waals surface area contributed by atoms with E-state index in [-0.39, 0.29) is 18.0 Å². The first kappa shape index (κ1) is 20.9. The van der Waals surface area contributed by atoms with Crippen molar-refractivity contribution in [3.63, 3.8) is 0 Å². The lowest BCUT2D eigenvalue weighted by atomic mass is 9.98. The Labute approximate surface area is 172 Å². The fourth-order valence-corrected chi connectivity index (χ4v) is 4.62. The molecule has 0 spiro atoms. The summed E-state index contributed by atoms with van der Waals surface area (Å²) in [5.74, 6) is 0.505. The number of carbonyl (C=O) groups excluding carboxylic acids is 1. The molecular formula is C23H30N2O2S. The van der Waals surface area contributed by atoms with Crippen LogP contribution in [0.4, 0.5) is 0 Å². The second kappa shape index (κ2) is 10.1. The maximum atomic E-state index is 12.6. The van der Waals surface area contributed by atoms with Gasteiger partial charge >= 0.3 is 0 Å². The first-order valence-electron chi connectivity index (χ1n) is 9.91. The van der Waals surface area contributed by atoms with Gasteiger partial charge in [0, 0.05) is 24.0 Å². The number of benzene rings is 2. The lowest BCUT2D eigenvalue weighted by molar-refractivity contribution is -0.119. The minimum Gasteiger partial charge on any atom is -0.379 e. The van der Waals surface area contributed by atoms with Crippen molar-refractivity contribution in [1.82, 2.24) is 10.2 Å². The minimum atomic E-state index is 0.0210. The average molecular weight is 399 g/mol. The van der Waals surface area contributed by atoms with E-state index >= 15 is 0 Å². The number of morpholine rings is 1. The Morgan fingerprint density at radius 2 is 1.86 bits per heavy atom. The molecule has 0 aliphatic carbocycles. The van der Waals surface area contributed by atoms with Crippen molar-refractivity contribution >= 4 is 17.7 Å². The molecule has 0 unspecified atom stereocenters. The van der Waals surface area contributed by atoms with Crippen LogP contribution < -0.4 is 5.32 Å². The van der Waals surface area contributed by atoms with Crippen LogP contribution in [0.25, 0.3) is 0 Å². The van der Waals surface area contributed by atoms with Crippen molar-refractivity contribution in [3.8, 4) is 0 Å². The summed E-state index contributed by atoms with van der Waals surface area (Å²) in [5.41, 5.74) is 3.71. The Balaban J connectivity index is 1.63. The van der Waals surface area contributed by atoms with Gasteiger partial charge in [-0.15, -0.1) is 11.8 Å². The Bertz CT molecular complexity index is 775. The molecule has 0 bridgehead atoms. The van der Waals surface area contributed by atoms with Crippen LogP contribution in [0.15, 0.2) is 53.4 Å². The summed E-state index contributed by atoms with van der Waals surface area (Å²) in [4.78, 5) is 16.2. The van der Waals surface area contributed by atoms with E-state index in [1.54, 1.807) is 11.8 Å². The SMILES string of the molecule is Cc1ccc(SCC(=O)N[C@@H](C)[C@H](c2ccccc2)N2CCOCC2)c(C)c1. The number of amides is 1. The summed E-state index contributed by atoms with van der Waals surface area (Å²) in [7, 11) is 0. The van der Waals surface area contributed by atoms with Crippen molar-refractivity contribution in [2.75, 3.05) is 32.1 Å². The molecule has 1 aliphatic rings. The van der Waals surface area contributed by atoms with Crippen LogP contribution in [-0.4, -0.2) is 48.9 Å². The van der Waals surface area contributed by atoms with E-state index in [9.17, 15) is 4.79 Å². The van der Waals surface area contributed by atoms with Crippen LogP contribution in [0.1, 0.15) is 29.7 Å². The Morgan fingerprint density at radius 1 is 1.14 bits per heavy atom. The largest absolute Gasteiger partial charge is 0.379 e. The Morgan fingerprint density at radius 3 is 2.54 bits per heavy atom. The van der Waals surface area contributed by atoms with E-state index in [1.807, 2.05) is 6.07 Å². The van der Waals surface area contributed by atoms with E-state index in [0.717, 1.165) is 26.3 Å². The van der Waals surface area contributed by atoms with Crippen molar-refractivity contribution in [2.45, 2.75) is 37.8 Å². The molecule has 1 amide bonds. The molecule has 1 saturated heterocycles. The molecule has 1 aliphatic heterocycles. The molecule has 0 radical (unpaired) electrons. The average Bonchev–Trinajstić information content (AvgIpc) is 2.69. The van der Waals surface area contributed by atoms with Gasteiger partial charge in [0.2, 0.25) is 5.91 Å². The quantitative estimate of drug-likeness (QED) is 0.717. The third-order valence-electron chi connectivity index (χ3n) is 5.13. The third-order valence-corrected chi connectivity index (χ3v) is 6.31. The van der Waals surface area contributed by atoms with E-state index in [0.29, 0.717) is 5.75 Å². The highest BCUT2D eigenvalue weighted by atomic mass is 32.2. The number of rotatable bonds is 7. The Kier molecular flexibility index (Phi) is 7.54. The van der Waals surface area contributed by atoms with Gasteiger partial charge < -0.3 is 10.1 Å². The van der Waals surface area contributed by atoms with E-state index in [2.05, 4.69) is 73.5 Å². The van der Waals surface area contributed by atoms with Gasteiger partial charge in [-0.3, -0.25) is 9.69 Å². The highest BCUT2D eigenvalue weighted by molar-refractivity contribution is 8.00. The molecular weight excluding hydrogens is 368 g/mol. The zero-order valence-electron chi connectivity index (χ0n) is 17.0. The topological polar surface area (TPSA) is 41.6 Å². The molecule has 1 heterocycles. The van der Waals surface area contributed by atoms with Crippen LogP contribution in [-0.2, 0) is 9.53 Å². The molecule has 28 heavy (non-hydrogen) atoms. The van der Waals surface area contributed by atoms with Crippen LogP contribution in [0.2, 0.25) is 0 Å². The van der Waals surface area contributed by atoms with E-state index in [1.165, 1.54) is 21.6 Å². The fourth-order valence-electron chi connectivity index (χ4n) is 3.80. The van der Waals surface area contributed by atoms with Gasteiger partial charge in [-0.25, -0.2) is 0 Å². The second-order valence-corrected chi connectivity index (χ2v) is 8.43. The summed E-state index contributed by atoms with van der Waals surface area (Å²) >= 11 is 1.60. The molecule has 2 atom stereocenters. The lowest BCUT2D eigenvalue weighted by Crippen LogP contribution is -2.48. The molecule has 0 saturated carbocycles. The van der Waals surface area contributed by atoms with Crippen molar-refractivity contribution < 1.29 is 9.53 Å². The van der Waals surface area contributed by atoms with Crippen molar-refractivity contribution in [1.29, 1.82) is 0 Å². The van der Waals surface area contributed by atoms with Gasteiger partial charge in [-0.2, -0.15) is 0 Å². The van der Waals surface area contributed by atoms with Crippen LogP contribution in [0, 0.1) is 13.8 Å². The molecule has 4 nitrogen and oxygen atoms in total. The normalized spacial score (nSPS) is 17.1. The number of thioether (sulfide) groups is 1. The molecule has 2 aromatic carbocycles. The number of nitrogens with zero attached hydrogens (tertiary/aromatic N) is 1. The predicted molar refractivity (Wildman–Crippen MR) is 116 cm³/mol. The number of hydrogen-bond donors (Lipinski definition) is 1. The van der Waals surface area contributed by atoms with Crippen LogP contribution in [0.3, 0.4) is 0 Å². The monoisotopic (exact) mass is 398 g/mol. The third kappa shape index (κ3) is 5.60. The fraction of sp³-hybridized carbons (Fsp3) is 0.435. The summed E-state index contributed by atoms with van der Waals surface area (Å²) in [5, 5.41) is 3.23. The van der Waals surface area contributed by atoms with Gasteiger partial charge in [0.05, 0.1) is 25.0 Å². The highest BCUT2D eigenvalue weighted by Gasteiger charge is 2.28. The van der Waals surface area contributed by atoms with Crippen LogP contribution >= 0.6 is 11.8 Å². The molecule has 5 heteroatoms. The number of aryl methyl sites for hydroxylation is 2. The van der Waals surface area contributed by atoms with Gasteiger partial charge in [0.15, 0.2) is 0 Å². The molecule has 2 aromatic rings. The highest BCUT2D eigenvalue weighted by Crippen LogP contribution is 2.26. The zero-order chi connectivity index (χ0) is 19.9. The van der Waals surface area contributed by atoms with E-state index < -0.39 is 0 Å². The number of nitrogens with one attached hydrogen (secondary N) is 1. The summed E-state index contributed by atoms with van der Waals surface area (Å²) in [6.07, 6.45) is 0. The summed E-state index contributed by atoms with van der Waals surface area (Å²) < 4.78 is 5.52. The lowest BCUT2D eigenvalue weighted by Gasteiger charge is -2.38. The van der Waals surface area contributed by atoms with Gasteiger partial charge in [0.1, 0.15) is 0 Å². The van der Waals surface area contributed by atoms with Gasteiger partial charge in [-0.05, 0) is 38.0 Å². The predicted octanol–water partition coefficient (Wildman–Crippen LogP) is 3.97. The van der Waals surface area contributed by atoms with Gasteiger partial charge in [-0.1, -0.05) is 48.0 Å². The first-order valence-corrected chi connectivity index (χ1v) is 10.9. The number of hydrogen-bond acceptors (Lipinski definition) is 4. The maximum Gasteiger partial charge on any atom is 0.230 e. The standard InChI is InChI=1S/C23H30N2O2S/c1-17-9-10-21(18(2)15-17)28-16-22(26)24-19(3)23(20-7-5-4-6-8-20)25-11-13-27-14-12-25/h4-10,15,19,23H,11-14,16H2,1-3H3,(H,24,26)/t19-,23+/m0/s1. The number of ether oxygens (including phenoxy) is 1. The van der Waals surface area contributed by atoms with Crippen molar-refractivity contribution in [3.05, 3.63) is 65.2 Å². The smallest absolute Gasteiger partial charge is 0.230 e. The molecule has 150 valence electrons. The molecule has 1 fully saturated rings. The number of carbonyl (C=O) groups is 1. The zero-order valence-corrected chi connectivity index (χ0v) is 17.8. The van der Waals surface area contributed by atoms with E-state index in [4.69, 9.17) is 4.74 Å². The maximum absolute atomic E-state index is 12.6. The van der Waals surface area contributed by atoms with Gasteiger partial charge in [0.25, 0.3) is 0 Å². The first-order chi connectivity index (χ1) is 13.5. The van der Waals surface area contributed by atoms with Crippen molar-refractivity contribution in [2.24, 2.45) is 0 Å². The minimum absolute atomic E-state index is 0.0210. The molecule has 3 rings (SSSR count). The van der Waals surface area contributed by atoms with Crippen LogP contribution in [0.5, 0.6) is 0 Å². The second-order valence-electron chi connectivity index (χ2n) is 7.42. The summed E-state index contributed by atoms with van der Waals surface area (Å²) in [6, 6.07) is 17.0. The molecule has 0 aromatic heterocycles. The molecule has 1 N–H and O–H groups in total. The summed E-state index contributed by atoms with van der Waals surface area (Å²) in [6.45, 7) is 9.55.